The van der Waals surface area contributed by atoms with E-state index in [1.165, 1.54) is 5.56 Å². The molecule has 1 aromatic carbocycles. The topological polar surface area (TPSA) is 71.5 Å². The molecule has 1 amide bonds. The van der Waals surface area contributed by atoms with Gasteiger partial charge in [-0.1, -0.05) is 24.3 Å². The molecule has 2 rings (SSSR count). The quantitative estimate of drug-likeness (QED) is 0.580. The maximum absolute atomic E-state index is 11.3. The van der Waals surface area contributed by atoms with Crippen molar-refractivity contribution in [2.45, 2.75) is 32.3 Å². The lowest BCUT2D eigenvalue weighted by molar-refractivity contribution is -0.132. The number of aromatic nitrogens is 1. The van der Waals surface area contributed by atoms with Crippen LogP contribution in [-0.2, 0) is 16.0 Å². The smallest absolute Gasteiger partial charge is 0.245 e. The van der Waals surface area contributed by atoms with E-state index in [1.54, 1.807) is 17.9 Å². The molecule has 0 saturated carbocycles. The van der Waals surface area contributed by atoms with Gasteiger partial charge in [-0.05, 0) is 48.6 Å². The number of carbonyl (C=O) groups excluding carboxylic acids is 1. The fourth-order valence-electron chi connectivity index (χ4n) is 2.47. The van der Waals surface area contributed by atoms with Crippen molar-refractivity contribution >= 4 is 5.91 Å². The van der Waals surface area contributed by atoms with E-state index in [9.17, 15) is 4.79 Å². The largest absolute Gasteiger partial charge is 0.378 e. The van der Waals surface area contributed by atoms with Gasteiger partial charge < -0.3 is 4.74 Å². The molecule has 1 unspecified atom stereocenters. The monoisotopic (exact) mass is 314 g/mol. The molecule has 2 aromatic rings. The van der Waals surface area contributed by atoms with E-state index in [-0.39, 0.29) is 12.5 Å². The number of nitrogens with zero attached hydrogens (tertiary/aromatic N) is 1. The molecule has 122 valence electrons. The summed E-state index contributed by atoms with van der Waals surface area (Å²) in [7, 11) is 0. The lowest BCUT2D eigenvalue weighted by Gasteiger charge is -2.16. The second-order valence-electron chi connectivity index (χ2n) is 5.29. The van der Waals surface area contributed by atoms with Crippen molar-refractivity contribution in [3.63, 3.8) is 0 Å². The number of pyridine rings is 1. The maximum Gasteiger partial charge on any atom is 0.245 e. The Labute approximate surface area is 136 Å². The number of hydroxylamine groups is 1. The van der Waals surface area contributed by atoms with Crippen LogP contribution in [0.1, 0.15) is 25.3 Å². The van der Waals surface area contributed by atoms with Crippen molar-refractivity contribution in [3.8, 4) is 11.1 Å². The summed E-state index contributed by atoms with van der Waals surface area (Å²) >= 11 is 0. The molecule has 5 heteroatoms. The lowest BCUT2D eigenvalue weighted by atomic mass is 10.0. The molecule has 0 spiro atoms. The van der Waals surface area contributed by atoms with E-state index in [4.69, 9.17) is 9.94 Å². The first-order valence-electron chi connectivity index (χ1n) is 7.76. The fraction of sp³-hybridized carbons (Fsp3) is 0.333. The fourth-order valence-corrected chi connectivity index (χ4v) is 2.47. The Morgan fingerprint density at radius 1 is 1.17 bits per heavy atom. The van der Waals surface area contributed by atoms with Gasteiger partial charge >= 0.3 is 0 Å². The van der Waals surface area contributed by atoms with Crippen molar-refractivity contribution in [1.82, 2.24) is 10.5 Å². The molecule has 1 atom stereocenters. The summed E-state index contributed by atoms with van der Waals surface area (Å²) in [6.07, 6.45) is 5.09. The van der Waals surface area contributed by atoms with E-state index in [0.29, 0.717) is 6.61 Å². The van der Waals surface area contributed by atoms with Crippen LogP contribution >= 0.6 is 0 Å². The molecule has 5 nitrogen and oxygen atoms in total. The number of rotatable bonds is 8. The highest BCUT2D eigenvalue weighted by Gasteiger charge is 2.13. The molecular weight excluding hydrogens is 292 g/mol. The van der Waals surface area contributed by atoms with Gasteiger partial charge in [0.15, 0.2) is 0 Å². The first kappa shape index (κ1) is 17.1. The number of hydrogen-bond acceptors (Lipinski definition) is 4. The summed E-state index contributed by atoms with van der Waals surface area (Å²) in [6, 6.07) is 12.3. The molecular formula is C18H22N2O3. The van der Waals surface area contributed by atoms with Crippen molar-refractivity contribution in [2.24, 2.45) is 0 Å². The van der Waals surface area contributed by atoms with Gasteiger partial charge in [-0.3, -0.25) is 15.0 Å². The van der Waals surface area contributed by atoms with E-state index < -0.39 is 5.91 Å². The highest BCUT2D eigenvalue weighted by atomic mass is 16.5. The summed E-state index contributed by atoms with van der Waals surface area (Å²) in [6.45, 7) is 2.44. The molecule has 0 aliphatic heterocycles. The number of amides is 1. The number of ether oxygens (including phenoxy) is 1. The van der Waals surface area contributed by atoms with Crippen molar-refractivity contribution < 1.29 is 14.7 Å². The van der Waals surface area contributed by atoms with Gasteiger partial charge in [-0.25, -0.2) is 5.48 Å². The Bertz CT molecular complexity index is 599. The second kappa shape index (κ2) is 9.02. The molecule has 1 aromatic heterocycles. The molecule has 23 heavy (non-hydrogen) atoms. The minimum atomic E-state index is -0.420. The zero-order valence-corrected chi connectivity index (χ0v) is 13.2. The van der Waals surface area contributed by atoms with Crippen LogP contribution in [0.3, 0.4) is 0 Å². The van der Waals surface area contributed by atoms with Crippen molar-refractivity contribution in [1.29, 1.82) is 0 Å². The molecule has 1 heterocycles. The second-order valence-corrected chi connectivity index (χ2v) is 5.29. The van der Waals surface area contributed by atoms with Crippen LogP contribution in [0.25, 0.3) is 11.1 Å². The van der Waals surface area contributed by atoms with Gasteiger partial charge in [0.1, 0.15) is 0 Å². The Morgan fingerprint density at radius 2 is 1.83 bits per heavy atom. The van der Waals surface area contributed by atoms with E-state index in [1.807, 2.05) is 19.1 Å². The Kier molecular flexibility index (Phi) is 6.72. The zero-order chi connectivity index (χ0) is 16.5. The van der Waals surface area contributed by atoms with E-state index in [0.717, 1.165) is 24.0 Å². The molecule has 0 aliphatic rings. The van der Waals surface area contributed by atoms with Crippen LogP contribution in [0.4, 0.5) is 0 Å². The summed E-state index contributed by atoms with van der Waals surface area (Å²) < 4.78 is 5.55. The highest BCUT2D eigenvalue weighted by Crippen LogP contribution is 2.20. The third-order valence-corrected chi connectivity index (χ3v) is 3.66. The Hall–Kier alpha value is -2.24. The summed E-state index contributed by atoms with van der Waals surface area (Å²) in [5, 5.41) is 8.62. The predicted octanol–water partition coefficient (Wildman–Crippen LogP) is 2.98. The predicted molar refractivity (Wildman–Crippen MR) is 88.0 cm³/mol. The van der Waals surface area contributed by atoms with Gasteiger partial charge in [0.05, 0.1) is 12.5 Å². The number of nitrogens with one attached hydrogen (secondary N) is 1. The average Bonchev–Trinajstić information content (AvgIpc) is 2.61. The minimum Gasteiger partial charge on any atom is -0.378 e. The third kappa shape index (κ3) is 5.47. The van der Waals surface area contributed by atoms with Crippen LogP contribution in [0, 0.1) is 0 Å². The first-order chi connectivity index (χ1) is 11.2. The number of hydrogen-bond donors (Lipinski definition) is 2. The van der Waals surface area contributed by atoms with Gasteiger partial charge in [0.2, 0.25) is 5.91 Å². The van der Waals surface area contributed by atoms with Crippen LogP contribution < -0.4 is 5.48 Å². The Morgan fingerprint density at radius 3 is 2.43 bits per heavy atom. The molecule has 0 bridgehead atoms. The maximum atomic E-state index is 11.3. The van der Waals surface area contributed by atoms with Crippen molar-refractivity contribution in [3.05, 3.63) is 54.4 Å². The highest BCUT2D eigenvalue weighted by molar-refractivity contribution is 5.75. The lowest BCUT2D eigenvalue weighted by Crippen LogP contribution is -2.26. The van der Waals surface area contributed by atoms with E-state index in [2.05, 4.69) is 29.2 Å². The van der Waals surface area contributed by atoms with Crippen LogP contribution in [0.15, 0.2) is 48.8 Å². The number of benzene rings is 1. The van der Waals surface area contributed by atoms with Crippen molar-refractivity contribution in [2.75, 3.05) is 6.61 Å². The standard InChI is InChI=1S/C18H22N2O3/c1-2-23-17(13-18(21)20-22)8-5-14-3-6-15(7-4-14)16-9-11-19-12-10-16/h3-4,6-7,9-12,17,22H,2,5,8,13H2,1H3,(H,20,21). The van der Waals surface area contributed by atoms with E-state index >= 15 is 0 Å². The van der Waals surface area contributed by atoms with Gasteiger partial charge in [0, 0.05) is 19.0 Å². The number of aryl methyl sites for hydroxylation is 1. The van der Waals surface area contributed by atoms with Crippen LogP contribution in [-0.4, -0.2) is 28.8 Å². The summed E-state index contributed by atoms with van der Waals surface area (Å²) in [4.78, 5) is 15.3. The molecule has 2 N–H and O–H groups in total. The summed E-state index contributed by atoms with van der Waals surface area (Å²) in [5.41, 5.74) is 5.13. The van der Waals surface area contributed by atoms with Crippen LogP contribution in [0.2, 0.25) is 0 Å². The molecule has 0 fully saturated rings. The zero-order valence-electron chi connectivity index (χ0n) is 13.2. The first-order valence-corrected chi connectivity index (χ1v) is 7.76. The molecule has 0 aliphatic carbocycles. The SMILES string of the molecule is CCOC(CCc1ccc(-c2ccncc2)cc1)CC(=O)NO. The van der Waals surface area contributed by atoms with Crippen LogP contribution in [0.5, 0.6) is 0 Å². The molecule has 0 saturated heterocycles. The summed E-state index contributed by atoms with van der Waals surface area (Å²) in [5.74, 6) is -0.420. The third-order valence-electron chi connectivity index (χ3n) is 3.66. The number of carbonyl (C=O) groups is 1. The van der Waals surface area contributed by atoms with Gasteiger partial charge in [0.25, 0.3) is 0 Å². The Balaban J connectivity index is 1.93. The van der Waals surface area contributed by atoms with Gasteiger partial charge in [-0.15, -0.1) is 0 Å². The molecule has 0 radical (unpaired) electrons. The normalized spacial score (nSPS) is 11.9. The average molecular weight is 314 g/mol. The minimum absolute atomic E-state index is 0.166. The van der Waals surface area contributed by atoms with Gasteiger partial charge in [-0.2, -0.15) is 0 Å².